The third-order valence-corrected chi connectivity index (χ3v) is 2.91. The van der Waals surface area contributed by atoms with Gasteiger partial charge in [-0.1, -0.05) is 37.9 Å². The highest BCUT2D eigenvalue weighted by Crippen LogP contribution is 2.28. The third-order valence-electron chi connectivity index (χ3n) is 2.69. The van der Waals surface area contributed by atoms with Crippen LogP contribution in [0.4, 0.5) is 0 Å². The molecule has 0 aliphatic rings. The first-order valence-electron chi connectivity index (χ1n) is 5.49. The summed E-state index contributed by atoms with van der Waals surface area (Å²) in [6.45, 7) is 6.20. The lowest BCUT2D eigenvalue weighted by atomic mass is 9.93. The Balaban J connectivity index is 2.85. The highest BCUT2D eigenvalue weighted by atomic mass is 35.5. The average molecular weight is 227 g/mol. The first-order chi connectivity index (χ1) is 7.04. The monoisotopic (exact) mass is 226 g/mol. The molecule has 0 saturated heterocycles. The van der Waals surface area contributed by atoms with E-state index in [1.807, 2.05) is 25.1 Å². The van der Waals surface area contributed by atoms with Gasteiger partial charge in [0.1, 0.15) is 0 Å². The molecule has 84 valence electrons. The van der Waals surface area contributed by atoms with Crippen LogP contribution in [-0.2, 0) is 0 Å². The minimum absolute atomic E-state index is 0.285. The quantitative estimate of drug-likeness (QED) is 0.819. The van der Waals surface area contributed by atoms with E-state index in [9.17, 15) is 5.11 Å². The van der Waals surface area contributed by atoms with E-state index in [4.69, 9.17) is 11.6 Å². The maximum Gasteiger partial charge on any atom is 0.0816 e. The van der Waals surface area contributed by atoms with Crippen molar-refractivity contribution < 1.29 is 5.11 Å². The van der Waals surface area contributed by atoms with Crippen LogP contribution in [-0.4, -0.2) is 5.11 Å². The number of rotatable bonds is 4. The minimum atomic E-state index is -0.401. The molecular weight excluding hydrogens is 208 g/mol. The van der Waals surface area contributed by atoms with E-state index in [1.165, 1.54) is 0 Å². The van der Waals surface area contributed by atoms with Crippen LogP contribution in [0.3, 0.4) is 0 Å². The van der Waals surface area contributed by atoms with Crippen molar-refractivity contribution in [3.05, 3.63) is 34.3 Å². The van der Waals surface area contributed by atoms with Crippen LogP contribution in [0, 0.1) is 12.8 Å². The third kappa shape index (κ3) is 3.51. The van der Waals surface area contributed by atoms with Gasteiger partial charge in [0.05, 0.1) is 6.10 Å². The Morgan fingerprint density at radius 3 is 2.53 bits per heavy atom. The Labute approximate surface area is 97.1 Å². The van der Waals surface area contributed by atoms with Crippen molar-refractivity contribution in [3.8, 4) is 0 Å². The van der Waals surface area contributed by atoms with E-state index >= 15 is 0 Å². The number of hydrogen-bond donors (Lipinski definition) is 1. The molecule has 2 atom stereocenters. The zero-order valence-electron chi connectivity index (χ0n) is 9.63. The van der Waals surface area contributed by atoms with Crippen LogP contribution in [0.5, 0.6) is 0 Å². The number of hydrogen-bond acceptors (Lipinski definition) is 1. The molecule has 0 amide bonds. The summed E-state index contributed by atoms with van der Waals surface area (Å²) in [5.74, 6) is 0.285. The van der Waals surface area contributed by atoms with Gasteiger partial charge < -0.3 is 5.11 Å². The van der Waals surface area contributed by atoms with Crippen molar-refractivity contribution in [3.63, 3.8) is 0 Å². The molecule has 1 N–H and O–H groups in total. The maximum atomic E-state index is 10.1. The van der Waals surface area contributed by atoms with Gasteiger partial charge in [0.25, 0.3) is 0 Å². The largest absolute Gasteiger partial charge is 0.388 e. The topological polar surface area (TPSA) is 20.2 Å². The average Bonchev–Trinajstić information content (AvgIpc) is 2.15. The van der Waals surface area contributed by atoms with Gasteiger partial charge in [-0.2, -0.15) is 0 Å². The van der Waals surface area contributed by atoms with Gasteiger partial charge in [-0.15, -0.1) is 0 Å². The molecule has 1 nitrogen and oxygen atoms in total. The summed E-state index contributed by atoms with van der Waals surface area (Å²) < 4.78 is 0. The van der Waals surface area contributed by atoms with Crippen LogP contribution in [0.1, 0.15) is 43.9 Å². The Morgan fingerprint density at radius 1 is 1.33 bits per heavy atom. The van der Waals surface area contributed by atoms with Crippen molar-refractivity contribution in [2.24, 2.45) is 5.92 Å². The molecule has 0 saturated carbocycles. The van der Waals surface area contributed by atoms with Gasteiger partial charge in [0.15, 0.2) is 0 Å². The van der Waals surface area contributed by atoms with Crippen molar-refractivity contribution >= 4 is 11.6 Å². The normalized spacial score (nSPS) is 15.0. The van der Waals surface area contributed by atoms with Gasteiger partial charge in [-0.05, 0) is 42.5 Å². The second-order valence-corrected chi connectivity index (χ2v) is 4.71. The lowest BCUT2D eigenvalue weighted by Gasteiger charge is -2.19. The molecule has 0 bridgehead atoms. The fraction of sp³-hybridized carbons (Fsp3) is 0.538. The first kappa shape index (κ1) is 12.5. The van der Waals surface area contributed by atoms with Crippen molar-refractivity contribution in [1.82, 2.24) is 0 Å². The zero-order valence-corrected chi connectivity index (χ0v) is 10.4. The van der Waals surface area contributed by atoms with E-state index in [0.29, 0.717) is 5.02 Å². The Morgan fingerprint density at radius 2 is 2.00 bits per heavy atom. The van der Waals surface area contributed by atoms with Crippen LogP contribution in [0.2, 0.25) is 5.02 Å². The number of aliphatic hydroxyl groups excluding tert-OH is 1. The fourth-order valence-electron chi connectivity index (χ4n) is 1.88. The highest BCUT2D eigenvalue weighted by Gasteiger charge is 2.16. The zero-order chi connectivity index (χ0) is 11.4. The smallest absolute Gasteiger partial charge is 0.0816 e. The van der Waals surface area contributed by atoms with E-state index in [-0.39, 0.29) is 5.92 Å². The predicted octanol–water partition coefficient (Wildman–Crippen LogP) is 4.12. The molecule has 1 aromatic carbocycles. The van der Waals surface area contributed by atoms with Gasteiger partial charge >= 0.3 is 0 Å². The lowest BCUT2D eigenvalue weighted by molar-refractivity contribution is 0.112. The van der Waals surface area contributed by atoms with E-state index < -0.39 is 6.10 Å². The molecule has 1 rings (SSSR count). The number of benzene rings is 1. The Hall–Kier alpha value is -0.530. The number of aliphatic hydroxyl groups is 1. The molecule has 0 spiro atoms. The summed E-state index contributed by atoms with van der Waals surface area (Å²) in [6.07, 6.45) is 1.73. The van der Waals surface area contributed by atoms with Gasteiger partial charge in [-0.3, -0.25) is 0 Å². The Bertz CT molecular complexity index is 302. The fourth-order valence-corrected chi connectivity index (χ4v) is 2.18. The molecule has 0 aliphatic carbocycles. The molecule has 1 aromatic rings. The molecular formula is C13H19ClO. The second kappa shape index (κ2) is 5.53. The number of halogens is 1. The molecule has 0 fully saturated rings. The number of aryl methyl sites for hydroxylation is 1. The van der Waals surface area contributed by atoms with Gasteiger partial charge in [-0.25, -0.2) is 0 Å². The first-order valence-corrected chi connectivity index (χ1v) is 5.87. The van der Waals surface area contributed by atoms with Crippen molar-refractivity contribution in [1.29, 1.82) is 0 Å². The van der Waals surface area contributed by atoms with Crippen LogP contribution < -0.4 is 0 Å². The molecule has 2 unspecified atom stereocenters. The van der Waals surface area contributed by atoms with Gasteiger partial charge in [0, 0.05) is 5.02 Å². The molecule has 0 aromatic heterocycles. The minimum Gasteiger partial charge on any atom is -0.388 e. The SMILES string of the molecule is CCCC(C)C(O)c1cc(C)cc(Cl)c1. The summed E-state index contributed by atoms with van der Waals surface area (Å²) in [4.78, 5) is 0. The summed E-state index contributed by atoms with van der Waals surface area (Å²) in [7, 11) is 0. The summed E-state index contributed by atoms with van der Waals surface area (Å²) in [6, 6.07) is 5.76. The van der Waals surface area contributed by atoms with Crippen molar-refractivity contribution in [2.75, 3.05) is 0 Å². The molecule has 2 heteroatoms. The lowest BCUT2D eigenvalue weighted by Crippen LogP contribution is -2.09. The van der Waals surface area contributed by atoms with E-state index in [2.05, 4.69) is 13.8 Å². The predicted molar refractivity (Wildman–Crippen MR) is 65.2 cm³/mol. The van der Waals surface area contributed by atoms with Crippen LogP contribution >= 0.6 is 11.6 Å². The van der Waals surface area contributed by atoms with Gasteiger partial charge in [0.2, 0.25) is 0 Å². The van der Waals surface area contributed by atoms with E-state index in [1.54, 1.807) is 0 Å². The summed E-state index contributed by atoms with van der Waals surface area (Å²) >= 11 is 5.96. The molecule has 0 radical (unpaired) electrons. The Kier molecular flexibility index (Phi) is 4.62. The van der Waals surface area contributed by atoms with Crippen molar-refractivity contribution in [2.45, 2.75) is 39.7 Å². The maximum absolute atomic E-state index is 10.1. The molecule has 0 aliphatic heterocycles. The standard InChI is InChI=1S/C13H19ClO/c1-4-5-10(3)13(15)11-6-9(2)7-12(14)8-11/h6-8,10,13,15H,4-5H2,1-3H3. The second-order valence-electron chi connectivity index (χ2n) is 4.27. The summed E-state index contributed by atoms with van der Waals surface area (Å²) in [5.41, 5.74) is 2.03. The molecule has 0 heterocycles. The van der Waals surface area contributed by atoms with Crippen LogP contribution in [0.15, 0.2) is 18.2 Å². The highest BCUT2D eigenvalue weighted by molar-refractivity contribution is 6.30. The van der Waals surface area contributed by atoms with Crippen LogP contribution in [0.25, 0.3) is 0 Å². The molecule has 15 heavy (non-hydrogen) atoms. The van der Waals surface area contributed by atoms with E-state index in [0.717, 1.165) is 24.0 Å². The summed E-state index contributed by atoms with van der Waals surface area (Å²) in [5, 5.41) is 10.8.